The van der Waals surface area contributed by atoms with Crippen LogP contribution in [0, 0.1) is 0 Å². The zero-order valence-corrected chi connectivity index (χ0v) is 14.9. The van der Waals surface area contributed by atoms with E-state index in [9.17, 15) is 5.11 Å². The fourth-order valence-corrected chi connectivity index (χ4v) is 3.10. The molecule has 3 aromatic rings. The minimum Gasteiger partial charge on any atom is -0.391 e. The van der Waals surface area contributed by atoms with Gasteiger partial charge in [0.1, 0.15) is 11.6 Å². The number of nitrogens with zero attached hydrogens (tertiary/aromatic N) is 6. The standard InChI is InChI=1S/C18H22N8O/c27-14-2-1-11-26(12-14)16-6-10-21-18(23-16)20-9-5-15-22-17(25-24-15)13-3-7-19-8-4-13/h3-4,6-8,10,14,27H,1-2,5,9,11-12H2,(H,20,21,23)(H,22,24,25)/t14-/m1/s1. The van der Waals surface area contributed by atoms with E-state index in [0.717, 1.165) is 36.6 Å². The van der Waals surface area contributed by atoms with Crippen molar-refractivity contribution >= 4 is 11.8 Å². The number of anilines is 2. The molecule has 0 bridgehead atoms. The molecule has 3 N–H and O–H groups in total. The Kier molecular flexibility index (Phi) is 5.20. The Balaban J connectivity index is 1.33. The maximum atomic E-state index is 9.84. The van der Waals surface area contributed by atoms with Crippen molar-refractivity contribution in [1.29, 1.82) is 0 Å². The molecule has 0 amide bonds. The SMILES string of the molecule is O[C@@H]1CCCN(c2ccnc(NCCc3nc(-c4ccncc4)n[nH]3)n2)C1. The quantitative estimate of drug-likeness (QED) is 0.597. The van der Waals surface area contributed by atoms with Gasteiger partial charge in [-0.05, 0) is 31.0 Å². The number of β-amino-alcohol motifs (C(OH)–C–C–N with tert-alkyl or cyclic N) is 1. The number of aromatic nitrogens is 6. The Morgan fingerprint density at radius 1 is 1.19 bits per heavy atom. The first-order valence-corrected chi connectivity index (χ1v) is 9.09. The van der Waals surface area contributed by atoms with E-state index in [4.69, 9.17) is 0 Å². The van der Waals surface area contributed by atoms with Gasteiger partial charge in [-0.2, -0.15) is 10.1 Å². The van der Waals surface area contributed by atoms with Crippen LogP contribution in [-0.4, -0.2) is 61.0 Å². The molecule has 3 aromatic heterocycles. The third-order valence-corrected chi connectivity index (χ3v) is 4.48. The number of aliphatic hydroxyl groups excluding tert-OH is 1. The molecule has 9 nitrogen and oxygen atoms in total. The average molecular weight is 366 g/mol. The summed E-state index contributed by atoms with van der Waals surface area (Å²) in [6.45, 7) is 2.16. The summed E-state index contributed by atoms with van der Waals surface area (Å²) in [6.07, 6.45) is 7.39. The van der Waals surface area contributed by atoms with Crippen LogP contribution in [0.15, 0.2) is 36.8 Å². The zero-order chi connectivity index (χ0) is 18.5. The van der Waals surface area contributed by atoms with Gasteiger partial charge in [-0.1, -0.05) is 0 Å². The van der Waals surface area contributed by atoms with E-state index in [1.54, 1.807) is 18.6 Å². The lowest BCUT2D eigenvalue weighted by atomic mass is 10.1. The fourth-order valence-electron chi connectivity index (χ4n) is 3.10. The molecular weight excluding hydrogens is 344 g/mol. The van der Waals surface area contributed by atoms with Crippen molar-refractivity contribution in [2.45, 2.75) is 25.4 Å². The van der Waals surface area contributed by atoms with E-state index < -0.39 is 0 Å². The van der Waals surface area contributed by atoms with Crippen LogP contribution in [0.1, 0.15) is 18.7 Å². The van der Waals surface area contributed by atoms with Crippen molar-refractivity contribution < 1.29 is 5.11 Å². The highest BCUT2D eigenvalue weighted by molar-refractivity contribution is 5.53. The van der Waals surface area contributed by atoms with Crippen LogP contribution in [0.2, 0.25) is 0 Å². The van der Waals surface area contributed by atoms with Gasteiger partial charge in [-0.3, -0.25) is 10.1 Å². The molecular formula is C18H22N8O. The van der Waals surface area contributed by atoms with Crippen LogP contribution in [-0.2, 0) is 6.42 Å². The van der Waals surface area contributed by atoms with Gasteiger partial charge in [0.2, 0.25) is 5.95 Å². The van der Waals surface area contributed by atoms with Gasteiger partial charge >= 0.3 is 0 Å². The zero-order valence-electron chi connectivity index (χ0n) is 14.9. The Morgan fingerprint density at radius 3 is 2.93 bits per heavy atom. The molecule has 0 unspecified atom stereocenters. The van der Waals surface area contributed by atoms with E-state index in [1.165, 1.54) is 0 Å². The summed E-state index contributed by atoms with van der Waals surface area (Å²) in [6, 6.07) is 5.63. The van der Waals surface area contributed by atoms with Crippen LogP contribution >= 0.6 is 0 Å². The number of piperidine rings is 1. The molecule has 27 heavy (non-hydrogen) atoms. The number of aliphatic hydroxyl groups is 1. The maximum Gasteiger partial charge on any atom is 0.224 e. The van der Waals surface area contributed by atoms with E-state index >= 15 is 0 Å². The maximum absolute atomic E-state index is 9.84. The molecule has 1 aliphatic heterocycles. The summed E-state index contributed by atoms with van der Waals surface area (Å²) in [5.41, 5.74) is 0.931. The fraction of sp³-hybridized carbons (Fsp3) is 0.389. The number of hydrogen-bond acceptors (Lipinski definition) is 8. The van der Waals surface area contributed by atoms with E-state index in [-0.39, 0.29) is 6.10 Å². The third-order valence-electron chi connectivity index (χ3n) is 4.48. The largest absolute Gasteiger partial charge is 0.391 e. The second-order valence-corrected chi connectivity index (χ2v) is 6.50. The van der Waals surface area contributed by atoms with Gasteiger partial charge in [0.15, 0.2) is 5.82 Å². The third kappa shape index (κ3) is 4.37. The second-order valence-electron chi connectivity index (χ2n) is 6.50. The predicted octanol–water partition coefficient (Wildman–Crippen LogP) is 1.27. The van der Waals surface area contributed by atoms with Gasteiger partial charge in [0.05, 0.1) is 6.10 Å². The Labute approximate surface area is 156 Å². The normalized spacial score (nSPS) is 17.1. The second kappa shape index (κ2) is 8.09. The number of H-pyrrole nitrogens is 1. The molecule has 140 valence electrons. The summed E-state index contributed by atoms with van der Waals surface area (Å²) in [5.74, 6) is 2.87. The molecule has 4 rings (SSSR count). The van der Waals surface area contributed by atoms with Crippen molar-refractivity contribution in [3.05, 3.63) is 42.6 Å². The molecule has 0 aromatic carbocycles. The lowest BCUT2D eigenvalue weighted by Gasteiger charge is -2.31. The highest BCUT2D eigenvalue weighted by Gasteiger charge is 2.19. The first kappa shape index (κ1) is 17.3. The summed E-state index contributed by atoms with van der Waals surface area (Å²) in [4.78, 5) is 19.4. The van der Waals surface area contributed by atoms with E-state index in [0.29, 0.717) is 31.3 Å². The summed E-state index contributed by atoms with van der Waals surface area (Å²) >= 11 is 0. The molecule has 0 aliphatic carbocycles. The first-order chi connectivity index (χ1) is 13.3. The first-order valence-electron chi connectivity index (χ1n) is 9.09. The smallest absolute Gasteiger partial charge is 0.224 e. The van der Waals surface area contributed by atoms with Crippen LogP contribution in [0.3, 0.4) is 0 Å². The van der Waals surface area contributed by atoms with Crippen molar-refractivity contribution in [3.8, 4) is 11.4 Å². The Bertz CT molecular complexity index is 869. The molecule has 1 fully saturated rings. The van der Waals surface area contributed by atoms with Gasteiger partial charge in [0.25, 0.3) is 0 Å². The summed E-state index contributed by atoms with van der Waals surface area (Å²) in [7, 11) is 0. The molecule has 4 heterocycles. The monoisotopic (exact) mass is 366 g/mol. The minimum atomic E-state index is -0.286. The van der Waals surface area contributed by atoms with Crippen molar-refractivity contribution in [2.75, 3.05) is 29.9 Å². The lowest BCUT2D eigenvalue weighted by Crippen LogP contribution is -2.38. The van der Waals surface area contributed by atoms with E-state index in [2.05, 4.69) is 40.3 Å². The van der Waals surface area contributed by atoms with Crippen molar-refractivity contribution in [3.63, 3.8) is 0 Å². The number of hydrogen-bond donors (Lipinski definition) is 3. The number of nitrogens with one attached hydrogen (secondary N) is 2. The lowest BCUT2D eigenvalue weighted by molar-refractivity contribution is 0.154. The number of pyridine rings is 1. The van der Waals surface area contributed by atoms with Crippen LogP contribution in [0.25, 0.3) is 11.4 Å². The van der Waals surface area contributed by atoms with Gasteiger partial charge < -0.3 is 15.3 Å². The van der Waals surface area contributed by atoms with E-state index in [1.807, 2.05) is 18.2 Å². The highest BCUT2D eigenvalue weighted by atomic mass is 16.3. The average Bonchev–Trinajstić information content (AvgIpc) is 3.18. The number of aromatic amines is 1. The van der Waals surface area contributed by atoms with Crippen LogP contribution in [0.5, 0.6) is 0 Å². The van der Waals surface area contributed by atoms with Gasteiger partial charge in [-0.15, -0.1) is 0 Å². The predicted molar refractivity (Wildman–Crippen MR) is 101 cm³/mol. The Hall–Kier alpha value is -3.07. The highest BCUT2D eigenvalue weighted by Crippen LogP contribution is 2.18. The Morgan fingerprint density at radius 2 is 2.07 bits per heavy atom. The molecule has 1 atom stereocenters. The minimum absolute atomic E-state index is 0.286. The van der Waals surface area contributed by atoms with Crippen LogP contribution < -0.4 is 10.2 Å². The van der Waals surface area contributed by atoms with Crippen molar-refractivity contribution in [1.82, 2.24) is 30.1 Å². The van der Waals surface area contributed by atoms with Crippen LogP contribution in [0.4, 0.5) is 11.8 Å². The van der Waals surface area contributed by atoms with Crippen molar-refractivity contribution in [2.24, 2.45) is 0 Å². The molecule has 0 saturated carbocycles. The molecule has 1 aliphatic rings. The molecule has 1 saturated heterocycles. The summed E-state index contributed by atoms with van der Waals surface area (Å²) < 4.78 is 0. The van der Waals surface area contributed by atoms with Gasteiger partial charge in [0, 0.05) is 50.2 Å². The molecule has 0 spiro atoms. The molecule has 9 heteroatoms. The topological polar surface area (TPSA) is 116 Å². The number of rotatable bonds is 6. The summed E-state index contributed by atoms with van der Waals surface area (Å²) in [5, 5.41) is 20.3. The molecule has 0 radical (unpaired) electrons. The van der Waals surface area contributed by atoms with Gasteiger partial charge in [-0.25, -0.2) is 9.97 Å².